The van der Waals surface area contributed by atoms with Crippen molar-refractivity contribution in [2.75, 3.05) is 13.1 Å². The quantitative estimate of drug-likeness (QED) is 0.622. The minimum absolute atomic E-state index is 0.0576. The van der Waals surface area contributed by atoms with Crippen LogP contribution in [0.4, 0.5) is 17.6 Å². The Morgan fingerprint density at radius 1 is 1.30 bits per heavy atom. The van der Waals surface area contributed by atoms with Gasteiger partial charge in [-0.25, -0.2) is 14.2 Å². The van der Waals surface area contributed by atoms with E-state index < -0.39 is 12.1 Å². The van der Waals surface area contributed by atoms with Gasteiger partial charge >= 0.3 is 12.1 Å². The lowest BCUT2D eigenvalue weighted by atomic mass is 10.1. The van der Waals surface area contributed by atoms with Crippen LogP contribution in [-0.4, -0.2) is 41.2 Å². The molecule has 1 aromatic heterocycles. The number of hydrogen-bond donors (Lipinski definition) is 3. The maximum atomic E-state index is 13.0. The third kappa shape index (κ3) is 6.49. The monoisotopic (exact) mass is 447 g/mol. The molecule has 1 saturated heterocycles. The highest BCUT2D eigenvalue weighted by molar-refractivity contribution is 7.15. The van der Waals surface area contributed by atoms with Crippen LogP contribution >= 0.6 is 11.3 Å². The number of carboxylic acids is 1. The molecule has 1 fully saturated rings. The highest BCUT2D eigenvalue weighted by Gasteiger charge is 2.38. The number of thiazole rings is 1. The lowest BCUT2D eigenvalue weighted by Gasteiger charge is -2.15. The van der Waals surface area contributed by atoms with Gasteiger partial charge in [-0.05, 0) is 51.1 Å². The first-order valence-corrected chi connectivity index (χ1v) is 9.85. The Hall–Kier alpha value is -2.53. The normalized spacial score (nSPS) is 17.1. The van der Waals surface area contributed by atoms with Gasteiger partial charge in [-0.1, -0.05) is 0 Å². The molecule has 3 N–H and O–H groups in total. The van der Waals surface area contributed by atoms with Gasteiger partial charge in [0, 0.05) is 12.1 Å². The minimum Gasteiger partial charge on any atom is -0.475 e. The molecule has 2 unspecified atom stereocenters. The number of hydrogen-bond acceptors (Lipinski definition) is 5. The predicted octanol–water partition coefficient (Wildman–Crippen LogP) is 3.68. The summed E-state index contributed by atoms with van der Waals surface area (Å²) in [6.45, 7) is 5.58. The molecular formula is C19H21F4N3O3S. The van der Waals surface area contributed by atoms with Crippen molar-refractivity contribution in [2.45, 2.75) is 32.5 Å². The molecule has 0 saturated carbocycles. The number of rotatable bonds is 4. The van der Waals surface area contributed by atoms with Crippen LogP contribution in [0.2, 0.25) is 0 Å². The molecular weight excluding hydrogens is 426 g/mol. The van der Waals surface area contributed by atoms with Crippen molar-refractivity contribution in [1.82, 2.24) is 15.6 Å². The number of alkyl halides is 3. The highest BCUT2D eigenvalue weighted by Crippen LogP contribution is 2.32. The fourth-order valence-electron chi connectivity index (χ4n) is 2.80. The summed E-state index contributed by atoms with van der Waals surface area (Å²) in [6.07, 6.45) is -4.19. The van der Waals surface area contributed by atoms with E-state index in [1.54, 1.807) is 23.5 Å². The molecule has 1 amide bonds. The van der Waals surface area contributed by atoms with E-state index in [1.807, 2.05) is 13.8 Å². The third-order valence-corrected chi connectivity index (χ3v) is 5.74. The van der Waals surface area contributed by atoms with Gasteiger partial charge in [0.05, 0.1) is 22.5 Å². The molecule has 1 aliphatic heterocycles. The summed E-state index contributed by atoms with van der Waals surface area (Å²) in [6, 6.07) is 6.25. The number of aliphatic carboxylic acids is 1. The van der Waals surface area contributed by atoms with Crippen molar-refractivity contribution in [1.29, 1.82) is 0 Å². The van der Waals surface area contributed by atoms with Crippen molar-refractivity contribution in [3.63, 3.8) is 0 Å². The van der Waals surface area contributed by atoms with E-state index in [0.717, 1.165) is 40.7 Å². The average Bonchev–Trinajstić information content (AvgIpc) is 3.32. The first kappa shape index (κ1) is 23.7. The Kier molecular flexibility index (Phi) is 7.90. The Balaban J connectivity index is 0.000000396. The molecule has 3 rings (SSSR count). The molecule has 0 spiro atoms. The molecule has 0 bridgehead atoms. The fraction of sp³-hybridized carbons (Fsp3) is 0.421. The van der Waals surface area contributed by atoms with Gasteiger partial charge in [0.25, 0.3) is 0 Å². The van der Waals surface area contributed by atoms with Crippen LogP contribution < -0.4 is 10.6 Å². The number of aromatic nitrogens is 1. The largest absolute Gasteiger partial charge is 0.490 e. The van der Waals surface area contributed by atoms with Gasteiger partial charge in [-0.2, -0.15) is 13.2 Å². The van der Waals surface area contributed by atoms with Gasteiger partial charge in [-0.15, -0.1) is 11.3 Å². The van der Waals surface area contributed by atoms with Crippen molar-refractivity contribution >= 4 is 23.2 Å². The van der Waals surface area contributed by atoms with Crippen LogP contribution in [0.15, 0.2) is 24.3 Å². The number of benzene rings is 1. The van der Waals surface area contributed by atoms with Gasteiger partial charge in [0.2, 0.25) is 5.91 Å². The van der Waals surface area contributed by atoms with E-state index in [-0.39, 0.29) is 23.7 Å². The summed E-state index contributed by atoms with van der Waals surface area (Å²) in [7, 11) is 0. The average molecular weight is 447 g/mol. The smallest absolute Gasteiger partial charge is 0.475 e. The molecule has 11 heteroatoms. The molecule has 164 valence electrons. The number of aryl methyl sites for hydroxylation is 1. The maximum absolute atomic E-state index is 13.0. The number of halogens is 4. The maximum Gasteiger partial charge on any atom is 0.490 e. The van der Waals surface area contributed by atoms with Crippen molar-refractivity contribution in [3.8, 4) is 10.6 Å². The van der Waals surface area contributed by atoms with E-state index >= 15 is 0 Å². The van der Waals surface area contributed by atoms with E-state index in [1.165, 1.54) is 12.1 Å². The first-order valence-electron chi connectivity index (χ1n) is 9.03. The Bertz CT molecular complexity index is 878. The minimum atomic E-state index is -5.08. The number of nitrogens with one attached hydrogen (secondary N) is 2. The summed E-state index contributed by atoms with van der Waals surface area (Å²) < 4.78 is 44.8. The summed E-state index contributed by atoms with van der Waals surface area (Å²) in [5.41, 5.74) is 1.80. The zero-order valence-corrected chi connectivity index (χ0v) is 17.0. The van der Waals surface area contributed by atoms with Gasteiger partial charge in [-0.3, -0.25) is 4.79 Å². The Labute approximate surface area is 174 Å². The highest BCUT2D eigenvalue weighted by atomic mass is 32.1. The third-order valence-electron chi connectivity index (χ3n) is 4.35. The molecule has 2 heterocycles. The molecule has 2 aromatic rings. The lowest BCUT2D eigenvalue weighted by Crippen LogP contribution is -2.33. The Morgan fingerprint density at radius 3 is 2.40 bits per heavy atom. The molecule has 2 atom stereocenters. The van der Waals surface area contributed by atoms with Crippen molar-refractivity contribution < 1.29 is 32.3 Å². The van der Waals surface area contributed by atoms with Crippen molar-refractivity contribution in [3.05, 3.63) is 40.7 Å². The van der Waals surface area contributed by atoms with Crippen molar-refractivity contribution in [2.24, 2.45) is 5.92 Å². The van der Waals surface area contributed by atoms with E-state index in [4.69, 9.17) is 9.90 Å². The molecule has 1 aromatic carbocycles. The zero-order chi connectivity index (χ0) is 22.5. The SMILES string of the molecule is Cc1nc(-c2ccc(F)cc2)sc1C(C)NC(=O)C1CCNC1.O=C(O)C(F)(F)F. The molecule has 1 aliphatic rings. The summed E-state index contributed by atoms with van der Waals surface area (Å²) in [5, 5.41) is 14.3. The van der Waals surface area contributed by atoms with Crippen LogP contribution in [0.3, 0.4) is 0 Å². The van der Waals surface area contributed by atoms with Crippen LogP contribution in [-0.2, 0) is 9.59 Å². The number of carbonyl (C=O) groups is 2. The molecule has 30 heavy (non-hydrogen) atoms. The van der Waals surface area contributed by atoms with Crippen LogP contribution in [0.5, 0.6) is 0 Å². The fourth-order valence-corrected chi connectivity index (χ4v) is 3.87. The lowest BCUT2D eigenvalue weighted by molar-refractivity contribution is -0.192. The summed E-state index contributed by atoms with van der Waals surface area (Å²) in [5.74, 6) is -2.86. The second-order valence-electron chi connectivity index (χ2n) is 6.70. The van der Waals surface area contributed by atoms with Gasteiger partial charge < -0.3 is 15.7 Å². The molecule has 0 aliphatic carbocycles. The second-order valence-corrected chi connectivity index (χ2v) is 7.73. The number of carboxylic acid groups (broad SMARTS) is 1. The topological polar surface area (TPSA) is 91.3 Å². The standard InChI is InChI=1S/C17H20FN3OS.C2HF3O2/c1-10(20-16(22)13-7-8-19-9-13)15-11(2)21-17(23-15)12-3-5-14(18)6-4-12;3-2(4,5)1(6)7/h3-6,10,13,19H,7-9H2,1-2H3,(H,20,22);(H,6,7). The summed E-state index contributed by atoms with van der Waals surface area (Å²) >= 11 is 1.55. The first-order chi connectivity index (χ1) is 14.0. The second kappa shape index (κ2) is 9.98. The van der Waals surface area contributed by atoms with E-state index in [0.29, 0.717) is 0 Å². The predicted molar refractivity (Wildman–Crippen MR) is 103 cm³/mol. The van der Waals surface area contributed by atoms with Crippen LogP contribution in [0, 0.1) is 18.7 Å². The Morgan fingerprint density at radius 2 is 1.90 bits per heavy atom. The number of amides is 1. The van der Waals surface area contributed by atoms with Gasteiger partial charge in [0.15, 0.2) is 0 Å². The number of carbonyl (C=O) groups excluding carboxylic acids is 1. The van der Waals surface area contributed by atoms with E-state index in [9.17, 15) is 22.4 Å². The van der Waals surface area contributed by atoms with Crippen LogP contribution in [0.1, 0.15) is 30.0 Å². The summed E-state index contributed by atoms with van der Waals surface area (Å²) in [4.78, 5) is 26.8. The molecule has 6 nitrogen and oxygen atoms in total. The zero-order valence-electron chi connectivity index (χ0n) is 16.2. The van der Waals surface area contributed by atoms with E-state index in [2.05, 4.69) is 15.6 Å². The van der Waals surface area contributed by atoms with Gasteiger partial charge in [0.1, 0.15) is 10.8 Å². The van der Waals surface area contributed by atoms with Crippen LogP contribution in [0.25, 0.3) is 10.6 Å². The molecule has 0 radical (unpaired) electrons. The number of nitrogens with zero attached hydrogens (tertiary/aromatic N) is 1.